The van der Waals surface area contributed by atoms with E-state index in [0.29, 0.717) is 6.61 Å². The van der Waals surface area contributed by atoms with E-state index in [9.17, 15) is 0 Å². The lowest BCUT2D eigenvalue weighted by Crippen LogP contribution is -1.97. The average molecular weight is 252 g/mol. The van der Waals surface area contributed by atoms with Gasteiger partial charge in [0.1, 0.15) is 0 Å². The summed E-state index contributed by atoms with van der Waals surface area (Å²) in [6, 6.07) is 10.0. The van der Waals surface area contributed by atoms with Crippen LogP contribution in [-0.2, 0) is 13.6 Å². The average Bonchev–Trinajstić information content (AvgIpc) is 2.65. The van der Waals surface area contributed by atoms with E-state index in [1.807, 2.05) is 30.3 Å². The largest absolute Gasteiger partial charge is 0.332 e. The van der Waals surface area contributed by atoms with Crippen LogP contribution in [0.25, 0.3) is 5.57 Å². The Kier molecular flexibility index (Phi) is 5.14. The maximum absolute atomic E-state index is 5.60. The fourth-order valence-corrected chi connectivity index (χ4v) is 2.52. The van der Waals surface area contributed by atoms with Gasteiger partial charge in [-0.05, 0) is 24.0 Å². The molecule has 0 N–H and O–H groups in total. The van der Waals surface area contributed by atoms with E-state index in [4.69, 9.17) is 13.6 Å². The van der Waals surface area contributed by atoms with Crippen LogP contribution >= 0.6 is 8.60 Å². The second-order valence-corrected chi connectivity index (χ2v) is 5.06. The normalized spacial score (nSPS) is 17.6. The predicted molar refractivity (Wildman–Crippen MR) is 69.5 cm³/mol. The molecule has 0 aromatic heterocycles. The Morgan fingerprint density at radius 1 is 1.18 bits per heavy atom. The van der Waals surface area contributed by atoms with E-state index in [1.165, 1.54) is 0 Å². The topological polar surface area (TPSA) is 27.7 Å². The summed E-state index contributed by atoms with van der Waals surface area (Å²) in [5.74, 6) is 0. The molecule has 0 bridgehead atoms. The summed E-state index contributed by atoms with van der Waals surface area (Å²) in [6.45, 7) is 5.91. The zero-order chi connectivity index (χ0) is 11.9. The minimum Gasteiger partial charge on any atom is -0.312 e. The van der Waals surface area contributed by atoms with Gasteiger partial charge in [0.25, 0.3) is 0 Å². The minimum absolute atomic E-state index is 0.454. The van der Waals surface area contributed by atoms with Crippen molar-refractivity contribution in [3.05, 3.63) is 42.5 Å². The minimum atomic E-state index is -1.18. The molecule has 0 unspecified atom stereocenters. The Labute approximate surface area is 103 Å². The lowest BCUT2D eigenvalue weighted by Gasteiger charge is -2.14. The first-order chi connectivity index (χ1) is 8.36. The highest BCUT2D eigenvalue weighted by Crippen LogP contribution is 2.42. The van der Waals surface area contributed by atoms with E-state index < -0.39 is 8.60 Å². The van der Waals surface area contributed by atoms with E-state index in [1.54, 1.807) is 0 Å². The molecule has 0 saturated carbocycles. The van der Waals surface area contributed by atoms with Gasteiger partial charge in [0, 0.05) is 0 Å². The van der Waals surface area contributed by atoms with Crippen molar-refractivity contribution in [2.24, 2.45) is 0 Å². The van der Waals surface area contributed by atoms with Gasteiger partial charge in [-0.1, -0.05) is 36.9 Å². The van der Waals surface area contributed by atoms with E-state index in [0.717, 1.165) is 37.2 Å². The van der Waals surface area contributed by atoms with Crippen molar-refractivity contribution in [3.63, 3.8) is 0 Å². The lowest BCUT2D eigenvalue weighted by molar-refractivity contribution is 0.198. The third-order valence-electron chi connectivity index (χ3n) is 2.46. The molecule has 1 fully saturated rings. The van der Waals surface area contributed by atoms with Gasteiger partial charge >= 0.3 is 8.60 Å². The van der Waals surface area contributed by atoms with Gasteiger partial charge in [-0.15, -0.1) is 0 Å². The number of hydrogen-bond acceptors (Lipinski definition) is 3. The van der Waals surface area contributed by atoms with Crippen LogP contribution in [0.1, 0.15) is 18.4 Å². The highest BCUT2D eigenvalue weighted by atomic mass is 31.2. The van der Waals surface area contributed by atoms with E-state index >= 15 is 0 Å². The van der Waals surface area contributed by atoms with Crippen molar-refractivity contribution < 1.29 is 13.6 Å². The molecule has 0 radical (unpaired) electrons. The molecule has 1 heterocycles. The van der Waals surface area contributed by atoms with Gasteiger partial charge in [-0.25, -0.2) is 0 Å². The summed E-state index contributed by atoms with van der Waals surface area (Å²) in [5.41, 5.74) is 2.04. The molecule has 1 aliphatic rings. The Bertz CT molecular complexity index is 345. The van der Waals surface area contributed by atoms with Crippen LogP contribution in [0.3, 0.4) is 0 Å². The molecular formula is C13H17O3P. The first-order valence-electron chi connectivity index (χ1n) is 5.78. The van der Waals surface area contributed by atoms with Gasteiger partial charge in [0.05, 0.1) is 19.8 Å². The van der Waals surface area contributed by atoms with Crippen molar-refractivity contribution >= 4 is 14.2 Å². The Morgan fingerprint density at radius 3 is 2.47 bits per heavy atom. The van der Waals surface area contributed by atoms with Crippen LogP contribution in [-0.4, -0.2) is 19.8 Å². The van der Waals surface area contributed by atoms with Crippen LogP contribution in [0.15, 0.2) is 36.9 Å². The highest BCUT2D eigenvalue weighted by Gasteiger charge is 2.15. The second-order valence-electron chi connectivity index (χ2n) is 3.84. The highest BCUT2D eigenvalue weighted by molar-refractivity contribution is 7.41. The van der Waals surface area contributed by atoms with Crippen LogP contribution in [0.2, 0.25) is 0 Å². The summed E-state index contributed by atoms with van der Waals surface area (Å²) in [5, 5.41) is 0. The zero-order valence-electron chi connectivity index (χ0n) is 9.80. The van der Waals surface area contributed by atoms with Crippen LogP contribution in [0.5, 0.6) is 0 Å². The maximum Gasteiger partial charge on any atom is 0.332 e. The Hall–Kier alpha value is -0.730. The SMILES string of the molecule is C=C(COP1OCCCCO1)c1ccccc1. The number of benzene rings is 1. The standard InChI is InChI=1S/C13H17O3P/c1-12(13-7-3-2-4-8-13)11-16-17-14-9-5-6-10-15-17/h2-4,7-8H,1,5-6,9-11H2. The summed E-state index contributed by atoms with van der Waals surface area (Å²) in [4.78, 5) is 0. The van der Waals surface area contributed by atoms with Crippen LogP contribution in [0, 0.1) is 0 Å². The van der Waals surface area contributed by atoms with Gasteiger partial charge in [-0.2, -0.15) is 0 Å². The molecule has 0 aliphatic carbocycles. The second kappa shape index (κ2) is 6.87. The number of hydrogen-bond donors (Lipinski definition) is 0. The van der Waals surface area contributed by atoms with Crippen molar-refractivity contribution in [1.82, 2.24) is 0 Å². The van der Waals surface area contributed by atoms with Crippen LogP contribution < -0.4 is 0 Å². The molecule has 4 heteroatoms. The quantitative estimate of drug-likeness (QED) is 0.763. The maximum atomic E-state index is 5.60. The van der Waals surface area contributed by atoms with Gasteiger partial charge in [-0.3, -0.25) is 0 Å². The third-order valence-corrected chi connectivity index (χ3v) is 3.58. The molecule has 1 aromatic carbocycles. The van der Waals surface area contributed by atoms with Gasteiger partial charge in [0.2, 0.25) is 0 Å². The van der Waals surface area contributed by atoms with E-state index in [-0.39, 0.29) is 0 Å². The Balaban J connectivity index is 1.79. The third kappa shape index (κ3) is 4.21. The first-order valence-corrected chi connectivity index (χ1v) is 6.88. The molecule has 0 spiro atoms. The molecule has 1 saturated heterocycles. The summed E-state index contributed by atoms with van der Waals surface area (Å²) < 4.78 is 16.5. The molecule has 0 atom stereocenters. The predicted octanol–water partition coefficient (Wildman–Crippen LogP) is 3.77. The molecule has 2 rings (SSSR count). The number of rotatable bonds is 4. The molecule has 0 amide bonds. The van der Waals surface area contributed by atoms with Gasteiger partial charge in [0.15, 0.2) is 0 Å². The van der Waals surface area contributed by atoms with Crippen molar-refractivity contribution in [2.75, 3.05) is 19.8 Å². The van der Waals surface area contributed by atoms with E-state index in [2.05, 4.69) is 6.58 Å². The fraction of sp³-hybridized carbons (Fsp3) is 0.385. The molecule has 1 aromatic rings. The van der Waals surface area contributed by atoms with Gasteiger partial charge < -0.3 is 13.6 Å². The fourth-order valence-electron chi connectivity index (χ4n) is 1.48. The van der Waals surface area contributed by atoms with Crippen molar-refractivity contribution in [2.45, 2.75) is 12.8 Å². The van der Waals surface area contributed by atoms with Crippen molar-refractivity contribution in [3.8, 4) is 0 Å². The molecule has 3 nitrogen and oxygen atoms in total. The molecular weight excluding hydrogens is 235 g/mol. The zero-order valence-corrected chi connectivity index (χ0v) is 10.7. The lowest BCUT2D eigenvalue weighted by atomic mass is 10.1. The summed E-state index contributed by atoms with van der Waals surface area (Å²) >= 11 is 0. The van der Waals surface area contributed by atoms with Crippen LogP contribution in [0.4, 0.5) is 0 Å². The Morgan fingerprint density at radius 2 is 1.82 bits per heavy atom. The smallest absolute Gasteiger partial charge is 0.312 e. The monoisotopic (exact) mass is 252 g/mol. The molecule has 1 aliphatic heterocycles. The summed E-state index contributed by atoms with van der Waals surface area (Å²) in [6.07, 6.45) is 2.09. The molecule has 92 valence electrons. The summed E-state index contributed by atoms with van der Waals surface area (Å²) in [7, 11) is -1.18. The molecule has 17 heavy (non-hydrogen) atoms. The first kappa shape index (κ1) is 12.7. The van der Waals surface area contributed by atoms with Crippen molar-refractivity contribution in [1.29, 1.82) is 0 Å².